The lowest BCUT2D eigenvalue weighted by Crippen LogP contribution is -2.52. The van der Waals surface area contributed by atoms with Gasteiger partial charge in [0.15, 0.2) is 0 Å². The van der Waals surface area contributed by atoms with Crippen molar-refractivity contribution in [3.8, 4) is 22.9 Å². The normalized spacial score (nSPS) is 12.0. The topological polar surface area (TPSA) is 122 Å². The molecule has 4 N–H and O–H groups in total. The van der Waals surface area contributed by atoms with Crippen LogP contribution in [-0.4, -0.2) is 40.7 Å². The molecule has 142 valence electrons. The number of aliphatic hydroxyl groups excluding tert-OH is 1. The minimum Gasteiger partial charge on any atom is -0.508 e. The number of aliphatic hydroxyl groups is 1. The highest BCUT2D eigenvalue weighted by Gasteiger charge is 2.25. The van der Waals surface area contributed by atoms with Gasteiger partial charge in [-0.1, -0.05) is 31.7 Å². The first kappa shape index (κ1) is 21.7. The molecule has 7 heteroatoms. The maximum Gasteiger partial charge on any atom is 0.252 e. The number of carbonyl (C=O) groups is 2. The van der Waals surface area contributed by atoms with E-state index in [1.807, 2.05) is 0 Å². The number of aromatic hydroxyl groups is 1. The highest BCUT2D eigenvalue weighted by atomic mass is 16.3. The number of phenols is 1. The molecule has 0 aromatic heterocycles. The molecular formula is C20H23N3O4. The van der Waals surface area contributed by atoms with Crippen LogP contribution in [0.2, 0.25) is 0 Å². The molecule has 0 heterocycles. The van der Waals surface area contributed by atoms with E-state index in [4.69, 9.17) is 5.26 Å². The van der Waals surface area contributed by atoms with Gasteiger partial charge in [-0.15, -0.1) is 0 Å². The average Bonchev–Trinajstić information content (AvgIpc) is 2.64. The molecule has 2 amide bonds. The van der Waals surface area contributed by atoms with Crippen molar-refractivity contribution in [2.75, 3.05) is 6.54 Å². The molecule has 0 saturated heterocycles. The van der Waals surface area contributed by atoms with Gasteiger partial charge in [-0.05, 0) is 42.3 Å². The Hall–Kier alpha value is -3.37. The Balaban J connectivity index is 0.00000364. The quantitative estimate of drug-likeness (QED) is 0.579. The Labute approximate surface area is 158 Å². The van der Waals surface area contributed by atoms with E-state index in [1.54, 1.807) is 54.6 Å². The molecular weight excluding hydrogens is 346 g/mol. The summed E-state index contributed by atoms with van der Waals surface area (Å²) in [5.41, 5.74) is 2.07. The van der Waals surface area contributed by atoms with Gasteiger partial charge in [0.2, 0.25) is 5.91 Å². The number of hydrogen-bond donors (Lipinski definition) is 4. The van der Waals surface area contributed by atoms with Crippen molar-refractivity contribution < 1.29 is 19.8 Å². The highest BCUT2D eigenvalue weighted by molar-refractivity contribution is 5.98. The molecule has 27 heavy (non-hydrogen) atoms. The minimum atomic E-state index is -1.16. The van der Waals surface area contributed by atoms with Crippen LogP contribution in [0, 0.1) is 11.3 Å². The molecule has 2 aromatic rings. The number of nitrogens with one attached hydrogen (secondary N) is 2. The number of rotatable bonds is 6. The van der Waals surface area contributed by atoms with E-state index in [2.05, 4.69) is 10.6 Å². The molecule has 2 aromatic carbocycles. The van der Waals surface area contributed by atoms with Crippen LogP contribution in [0.1, 0.15) is 24.7 Å². The Morgan fingerprint density at radius 3 is 2.07 bits per heavy atom. The molecule has 0 unspecified atom stereocenters. The fraction of sp³-hybridized carbons (Fsp3) is 0.250. The van der Waals surface area contributed by atoms with E-state index in [-0.39, 0.29) is 19.7 Å². The summed E-state index contributed by atoms with van der Waals surface area (Å²) in [5, 5.41) is 32.3. The smallest absolute Gasteiger partial charge is 0.252 e. The first-order valence-corrected chi connectivity index (χ1v) is 7.95. The standard InChI is InChI=1S/C19H19N3O4.CH4/c1-12(23)17(19(26)21-11-10-20)22-18(25)15-4-2-13(3-5-15)14-6-8-16(24)9-7-14;/h2-9,12,17,23-24H,11H2,1H3,(H,21,26)(H,22,25);1H4/t12-,17+;/m1./s1. The van der Waals surface area contributed by atoms with Gasteiger partial charge in [-0.25, -0.2) is 0 Å². The van der Waals surface area contributed by atoms with Gasteiger partial charge < -0.3 is 20.8 Å². The number of nitrogens with zero attached hydrogens (tertiary/aromatic N) is 1. The molecule has 0 aliphatic heterocycles. The molecule has 0 fully saturated rings. The molecule has 0 aliphatic carbocycles. The zero-order valence-electron chi connectivity index (χ0n) is 14.1. The van der Waals surface area contributed by atoms with E-state index in [1.165, 1.54) is 6.92 Å². The summed E-state index contributed by atoms with van der Waals surface area (Å²) < 4.78 is 0. The van der Waals surface area contributed by atoms with Crippen molar-refractivity contribution in [2.45, 2.75) is 26.5 Å². The van der Waals surface area contributed by atoms with E-state index < -0.39 is 24.0 Å². The average molecular weight is 369 g/mol. The van der Waals surface area contributed by atoms with Crippen molar-refractivity contribution in [3.05, 3.63) is 54.1 Å². The monoisotopic (exact) mass is 369 g/mol. The lowest BCUT2D eigenvalue weighted by atomic mass is 10.0. The van der Waals surface area contributed by atoms with Crippen LogP contribution in [-0.2, 0) is 4.79 Å². The van der Waals surface area contributed by atoms with Crippen molar-refractivity contribution in [1.82, 2.24) is 10.6 Å². The number of benzene rings is 2. The summed E-state index contributed by atoms with van der Waals surface area (Å²) in [6.07, 6.45) is -1.12. The molecule has 0 saturated carbocycles. The van der Waals surface area contributed by atoms with Gasteiger partial charge >= 0.3 is 0 Å². The summed E-state index contributed by atoms with van der Waals surface area (Å²) >= 11 is 0. The largest absolute Gasteiger partial charge is 0.508 e. The number of phenolic OH excluding ortho intramolecular Hbond substituents is 1. The van der Waals surface area contributed by atoms with Crippen LogP contribution < -0.4 is 10.6 Å². The summed E-state index contributed by atoms with van der Waals surface area (Å²) in [5.74, 6) is -0.973. The lowest BCUT2D eigenvalue weighted by molar-refractivity contribution is -0.125. The number of carbonyl (C=O) groups excluding carboxylic acids is 2. The van der Waals surface area contributed by atoms with E-state index >= 15 is 0 Å². The van der Waals surface area contributed by atoms with Crippen LogP contribution in [0.4, 0.5) is 0 Å². The van der Waals surface area contributed by atoms with Crippen LogP contribution in [0.15, 0.2) is 48.5 Å². The van der Waals surface area contributed by atoms with E-state index in [0.29, 0.717) is 5.56 Å². The van der Waals surface area contributed by atoms with Crippen LogP contribution in [0.5, 0.6) is 5.75 Å². The zero-order chi connectivity index (χ0) is 19.1. The van der Waals surface area contributed by atoms with Gasteiger partial charge in [0.25, 0.3) is 5.91 Å². The van der Waals surface area contributed by atoms with Crippen LogP contribution in [0.25, 0.3) is 11.1 Å². The third kappa shape index (κ3) is 5.83. The van der Waals surface area contributed by atoms with Gasteiger partial charge in [0.05, 0.1) is 12.2 Å². The first-order chi connectivity index (χ1) is 12.4. The summed E-state index contributed by atoms with van der Waals surface area (Å²) in [4.78, 5) is 24.2. The Bertz CT molecular complexity index is 809. The fourth-order valence-corrected chi connectivity index (χ4v) is 2.33. The van der Waals surface area contributed by atoms with Gasteiger partial charge in [-0.3, -0.25) is 9.59 Å². The van der Waals surface area contributed by atoms with Crippen molar-refractivity contribution in [3.63, 3.8) is 0 Å². The second kappa shape index (κ2) is 9.94. The number of amides is 2. The summed E-state index contributed by atoms with van der Waals surface area (Å²) in [6, 6.07) is 14.0. The maximum atomic E-state index is 12.3. The lowest BCUT2D eigenvalue weighted by Gasteiger charge is -2.20. The Morgan fingerprint density at radius 2 is 1.59 bits per heavy atom. The molecule has 0 bridgehead atoms. The van der Waals surface area contributed by atoms with Crippen LogP contribution >= 0.6 is 0 Å². The van der Waals surface area contributed by atoms with Gasteiger partial charge in [0, 0.05) is 5.56 Å². The second-order valence-electron chi connectivity index (χ2n) is 5.69. The number of hydrogen-bond acceptors (Lipinski definition) is 5. The maximum absolute atomic E-state index is 12.3. The molecule has 0 aliphatic rings. The minimum absolute atomic E-state index is 0. The Morgan fingerprint density at radius 1 is 1.07 bits per heavy atom. The van der Waals surface area contributed by atoms with Gasteiger partial charge in [-0.2, -0.15) is 5.26 Å². The van der Waals surface area contributed by atoms with Crippen LogP contribution in [0.3, 0.4) is 0 Å². The molecule has 0 spiro atoms. The third-order valence-corrected chi connectivity index (χ3v) is 3.74. The van der Waals surface area contributed by atoms with Gasteiger partial charge in [0.1, 0.15) is 18.3 Å². The zero-order valence-corrected chi connectivity index (χ0v) is 14.1. The predicted molar refractivity (Wildman–Crippen MR) is 102 cm³/mol. The van der Waals surface area contributed by atoms with Crippen molar-refractivity contribution in [1.29, 1.82) is 5.26 Å². The predicted octanol–water partition coefficient (Wildman–Crippen LogP) is 1.81. The second-order valence-corrected chi connectivity index (χ2v) is 5.69. The molecule has 2 rings (SSSR count). The Kier molecular flexibility index (Phi) is 7.98. The first-order valence-electron chi connectivity index (χ1n) is 7.95. The van der Waals surface area contributed by atoms with Crippen molar-refractivity contribution in [2.24, 2.45) is 0 Å². The highest BCUT2D eigenvalue weighted by Crippen LogP contribution is 2.22. The third-order valence-electron chi connectivity index (χ3n) is 3.74. The number of nitriles is 1. The molecule has 2 atom stereocenters. The molecule has 0 radical (unpaired) electrons. The summed E-state index contributed by atoms with van der Waals surface area (Å²) in [6.45, 7) is 1.17. The molecule has 7 nitrogen and oxygen atoms in total. The SMILES string of the molecule is C.C[C@@H](O)[C@H](NC(=O)c1ccc(-c2ccc(O)cc2)cc1)C(=O)NCC#N. The van der Waals surface area contributed by atoms with E-state index in [0.717, 1.165) is 11.1 Å². The fourth-order valence-electron chi connectivity index (χ4n) is 2.33. The van der Waals surface area contributed by atoms with E-state index in [9.17, 15) is 19.8 Å². The van der Waals surface area contributed by atoms with Crippen molar-refractivity contribution >= 4 is 11.8 Å². The summed E-state index contributed by atoms with van der Waals surface area (Å²) in [7, 11) is 0.